The van der Waals surface area contributed by atoms with Crippen LogP contribution < -0.4 is 0 Å². The Kier molecular flexibility index (Phi) is 7.49. The highest BCUT2D eigenvalue weighted by Crippen LogP contribution is 2.30. The van der Waals surface area contributed by atoms with Crippen molar-refractivity contribution in [3.8, 4) is 11.5 Å². The maximum atomic E-state index is 13.0. The number of rotatable bonds is 7. The number of amides is 1. The lowest BCUT2D eigenvalue weighted by Gasteiger charge is -2.39. The van der Waals surface area contributed by atoms with E-state index in [4.69, 9.17) is 4.42 Å². The molecule has 1 amide bonds. The van der Waals surface area contributed by atoms with E-state index in [9.17, 15) is 4.79 Å². The summed E-state index contributed by atoms with van der Waals surface area (Å²) in [6.07, 6.45) is 0. The Morgan fingerprint density at radius 3 is 2.14 bits per heavy atom. The first kappa shape index (κ1) is 24.3. The van der Waals surface area contributed by atoms with Gasteiger partial charge in [0.15, 0.2) is 0 Å². The van der Waals surface area contributed by atoms with Gasteiger partial charge in [-0.1, -0.05) is 90.1 Å². The molecule has 0 radical (unpaired) electrons. The van der Waals surface area contributed by atoms with Gasteiger partial charge in [-0.15, -0.1) is 10.2 Å². The SMILES string of the molecule is Cc1ccc(-c2nnc(SCC(=O)N3CCN(C(c4ccccc4)c4ccccc4)CC3)o2)c(C)c1. The summed E-state index contributed by atoms with van der Waals surface area (Å²) in [6, 6.07) is 27.5. The van der Waals surface area contributed by atoms with E-state index in [-0.39, 0.29) is 17.7 Å². The van der Waals surface area contributed by atoms with E-state index in [1.165, 1.54) is 28.5 Å². The highest BCUT2D eigenvalue weighted by atomic mass is 32.2. The van der Waals surface area contributed by atoms with Gasteiger partial charge >= 0.3 is 0 Å². The lowest BCUT2D eigenvalue weighted by molar-refractivity contribution is -0.130. The summed E-state index contributed by atoms with van der Waals surface area (Å²) in [6.45, 7) is 7.13. The lowest BCUT2D eigenvalue weighted by Crippen LogP contribution is -2.50. The Balaban J connectivity index is 1.18. The summed E-state index contributed by atoms with van der Waals surface area (Å²) in [5.74, 6) is 0.876. The second-order valence-electron chi connectivity index (χ2n) is 9.12. The van der Waals surface area contributed by atoms with Crippen molar-refractivity contribution in [1.82, 2.24) is 20.0 Å². The maximum absolute atomic E-state index is 13.0. The number of piperazine rings is 1. The number of carbonyl (C=O) groups is 1. The van der Waals surface area contributed by atoms with Crippen LogP contribution in [0.1, 0.15) is 28.3 Å². The molecule has 0 saturated carbocycles. The van der Waals surface area contributed by atoms with Crippen molar-refractivity contribution in [3.63, 3.8) is 0 Å². The largest absolute Gasteiger partial charge is 0.411 e. The lowest BCUT2D eigenvalue weighted by atomic mass is 9.96. The van der Waals surface area contributed by atoms with E-state index in [1.54, 1.807) is 0 Å². The zero-order valence-corrected chi connectivity index (χ0v) is 21.4. The molecule has 2 heterocycles. The highest BCUT2D eigenvalue weighted by molar-refractivity contribution is 7.99. The quantitative estimate of drug-likeness (QED) is 0.319. The molecule has 7 heteroatoms. The molecule has 5 rings (SSSR count). The summed E-state index contributed by atoms with van der Waals surface area (Å²) in [4.78, 5) is 17.4. The molecular weight excluding hydrogens is 468 g/mol. The molecule has 4 aromatic rings. The summed E-state index contributed by atoms with van der Waals surface area (Å²) < 4.78 is 5.84. The number of aromatic nitrogens is 2. The van der Waals surface area contributed by atoms with Gasteiger partial charge in [0.1, 0.15) is 0 Å². The minimum absolute atomic E-state index is 0.0990. The molecule has 1 fully saturated rings. The van der Waals surface area contributed by atoms with Crippen LogP contribution in [0, 0.1) is 13.8 Å². The standard InChI is InChI=1S/C29H30N4O2S/c1-21-13-14-25(22(2)19-21)28-30-31-29(35-28)36-20-26(34)32-15-17-33(18-16-32)27(23-9-5-3-6-10-23)24-11-7-4-8-12-24/h3-14,19,27H,15-18,20H2,1-2H3. The van der Waals surface area contributed by atoms with Crippen LogP contribution in [0.2, 0.25) is 0 Å². The predicted octanol–water partition coefficient (Wildman–Crippen LogP) is 5.38. The van der Waals surface area contributed by atoms with Crippen molar-refractivity contribution in [2.45, 2.75) is 25.1 Å². The molecule has 1 aliphatic rings. The van der Waals surface area contributed by atoms with Crippen LogP contribution in [0.4, 0.5) is 0 Å². The summed E-state index contributed by atoms with van der Waals surface area (Å²) in [7, 11) is 0. The van der Waals surface area contributed by atoms with Gasteiger partial charge in [0.25, 0.3) is 5.22 Å². The summed E-state index contributed by atoms with van der Waals surface area (Å²) >= 11 is 1.30. The third-order valence-electron chi connectivity index (χ3n) is 6.60. The van der Waals surface area contributed by atoms with Crippen molar-refractivity contribution >= 4 is 17.7 Å². The maximum Gasteiger partial charge on any atom is 0.277 e. The number of aryl methyl sites for hydroxylation is 2. The molecule has 6 nitrogen and oxygen atoms in total. The minimum Gasteiger partial charge on any atom is -0.411 e. The van der Waals surface area contributed by atoms with Crippen LogP contribution in [-0.4, -0.2) is 57.8 Å². The van der Waals surface area contributed by atoms with Crippen molar-refractivity contribution in [1.29, 1.82) is 0 Å². The monoisotopic (exact) mass is 498 g/mol. The fourth-order valence-corrected chi connectivity index (χ4v) is 5.43. The second-order valence-corrected chi connectivity index (χ2v) is 10.0. The van der Waals surface area contributed by atoms with Gasteiger partial charge in [-0.2, -0.15) is 0 Å². The predicted molar refractivity (Wildman–Crippen MR) is 143 cm³/mol. The van der Waals surface area contributed by atoms with Gasteiger partial charge in [-0.3, -0.25) is 9.69 Å². The smallest absolute Gasteiger partial charge is 0.277 e. The van der Waals surface area contributed by atoms with Gasteiger partial charge < -0.3 is 9.32 Å². The van der Waals surface area contributed by atoms with Crippen molar-refractivity contribution in [2.75, 3.05) is 31.9 Å². The minimum atomic E-state index is 0.0990. The molecule has 184 valence electrons. The first-order valence-corrected chi connectivity index (χ1v) is 13.2. The number of nitrogens with zero attached hydrogens (tertiary/aromatic N) is 4. The first-order chi connectivity index (χ1) is 17.6. The molecule has 1 saturated heterocycles. The number of carbonyl (C=O) groups excluding carboxylic acids is 1. The van der Waals surface area contributed by atoms with E-state index < -0.39 is 0 Å². The van der Waals surface area contributed by atoms with Gasteiger partial charge in [0.05, 0.1) is 11.8 Å². The zero-order chi connectivity index (χ0) is 24.9. The van der Waals surface area contributed by atoms with Crippen LogP contribution in [0.3, 0.4) is 0 Å². The zero-order valence-electron chi connectivity index (χ0n) is 20.6. The fraction of sp³-hybridized carbons (Fsp3) is 0.276. The Hall–Kier alpha value is -3.42. The highest BCUT2D eigenvalue weighted by Gasteiger charge is 2.28. The van der Waals surface area contributed by atoms with Gasteiger partial charge in [-0.05, 0) is 36.6 Å². The van der Waals surface area contributed by atoms with E-state index in [0.717, 1.165) is 24.2 Å². The summed E-state index contributed by atoms with van der Waals surface area (Å²) in [5, 5.41) is 8.75. The average Bonchev–Trinajstić information content (AvgIpc) is 3.38. The normalized spacial score (nSPS) is 14.4. The molecule has 0 atom stereocenters. The van der Waals surface area contributed by atoms with E-state index in [2.05, 4.69) is 76.6 Å². The molecule has 0 N–H and O–H groups in total. The Labute approximate surface area is 216 Å². The van der Waals surface area contributed by atoms with Crippen LogP contribution >= 0.6 is 11.8 Å². The number of hydrogen-bond donors (Lipinski definition) is 0. The molecule has 0 spiro atoms. The van der Waals surface area contributed by atoms with E-state index >= 15 is 0 Å². The number of hydrogen-bond acceptors (Lipinski definition) is 6. The molecule has 0 aliphatic carbocycles. The Morgan fingerprint density at radius 1 is 0.889 bits per heavy atom. The molecular formula is C29H30N4O2S. The van der Waals surface area contributed by atoms with Gasteiger partial charge in [0, 0.05) is 31.7 Å². The van der Waals surface area contributed by atoms with Crippen LogP contribution in [0.25, 0.3) is 11.5 Å². The number of benzene rings is 3. The molecule has 1 aliphatic heterocycles. The third-order valence-corrected chi connectivity index (χ3v) is 7.40. The molecule has 3 aromatic carbocycles. The molecule has 1 aromatic heterocycles. The second kappa shape index (κ2) is 11.1. The molecule has 0 bridgehead atoms. The Morgan fingerprint density at radius 2 is 1.53 bits per heavy atom. The summed E-state index contributed by atoms with van der Waals surface area (Å²) in [5.41, 5.74) is 5.75. The van der Waals surface area contributed by atoms with Crippen molar-refractivity contribution in [3.05, 3.63) is 101 Å². The number of thioether (sulfide) groups is 1. The van der Waals surface area contributed by atoms with Crippen LogP contribution in [0.15, 0.2) is 88.5 Å². The van der Waals surface area contributed by atoms with Gasteiger partial charge in [-0.25, -0.2) is 0 Å². The van der Waals surface area contributed by atoms with Gasteiger partial charge in [0.2, 0.25) is 11.8 Å². The van der Waals surface area contributed by atoms with Crippen molar-refractivity contribution < 1.29 is 9.21 Å². The topological polar surface area (TPSA) is 62.5 Å². The van der Waals surface area contributed by atoms with E-state index in [1.807, 2.05) is 36.1 Å². The van der Waals surface area contributed by atoms with Crippen LogP contribution in [0.5, 0.6) is 0 Å². The Bertz CT molecular complexity index is 1260. The van der Waals surface area contributed by atoms with Crippen molar-refractivity contribution in [2.24, 2.45) is 0 Å². The third kappa shape index (κ3) is 5.53. The average molecular weight is 499 g/mol. The fourth-order valence-electron chi connectivity index (χ4n) is 4.76. The first-order valence-electron chi connectivity index (χ1n) is 12.2. The molecule has 0 unspecified atom stereocenters. The molecule has 36 heavy (non-hydrogen) atoms. The van der Waals surface area contributed by atoms with Crippen LogP contribution in [-0.2, 0) is 4.79 Å². The van der Waals surface area contributed by atoms with E-state index in [0.29, 0.717) is 24.2 Å².